The van der Waals surface area contributed by atoms with Crippen LogP contribution in [0, 0.1) is 3.70 Å². The molecule has 0 N–H and O–H groups in total. The number of hydrogen-bond acceptors (Lipinski definition) is 2. The minimum Gasteiger partial charge on any atom is -0.493 e. The predicted molar refractivity (Wildman–Crippen MR) is 51.2 cm³/mol. The largest absolute Gasteiger partial charge is 0.493 e. The third kappa shape index (κ3) is 1.60. The first-order valence-corrected chi connectivity index (χ1v) is 4.47. The Kier molecular flexibility index (Phi) is 2.91. The van der Waals surface area contributed by atoms with Crippen molar-refractivity contribution < 1.29 is 4.74 Å². The second-order valence-electron chi connectivity index (χ2n) is 1.62. The first kappa shape index (κ1) is 8.26. The maximum Gasteiger partial charge on any atom is 0.164 e. The SMILES string of the molecule is COc1c(Br)ccnc1I. The zero-order chi connectivity index (χ0) is 7.56. The summed E-state index contributed by atoms with van der Waals surface area (Å²) in [4.78, 5) is 4.04. The number of ether oxygens (including phenoxy) is 1. The van der Waals surface area contributed by atoms with E-state index in [2.05, 4.69) is 43.5 Å². The topological polar surface area (TPSA) is 22.1 Å². The highest BCUT2D eigenvalue weighted by Crippen LogP contribution is 2.27. The molecule has 0 aliphatic heterocycles. The van der Waals surface area contributed by atoms with Gasteiger partial charge in [-0.1, -0.05) is 0 Å². The third-order valence-corrected chi connectivity index (χ3v) is 2.41. The first-order valence-electron chi connectivity index (χ1n) is 2.59. The van der Waals surface area contributed by atoms with Crippen molar-refractivity contribution >= 4 is 38.5 Å². The minimum atomic E-state index is 0.795. The average Bonchev–Trinajstić information content (AvgIpc) is 1.88. The lowest BCUT2D eigenvalue weighted by Crippen LogP contribution is -1.89. The van der Waals surface area contributed by atoms with Crippen molar-refractivity contribution in [2.45, 2.75) is 0 Å². The fourth-order valence-corrected chi connectivity index (χ4v) is 2.09. The number of aromatic nitrogens is 1. The molecule has 4 heteroatoms. The van der Waals surface area contributed by atoms with E-state index in [1.54, 1.807) is 13.3 Å². The lowest BCUT2D eigenvalue weighted by atomic mass is 10.5. The van der Waals surface area contributed by atoms with E-state index in [9.17, 15) is 0 Å². The summed E-state index contributed by atoms with van der Waals surface area (Å²) in [5.74, 6) is 0.795. The Balaban J connectivity index is 3.17. The van der Waals surface area contributed by atoms with Gasteiger partial charge in [-0.15, -0.1) is 0 Å². The quantitative estimate of drug-likeness (QED) is 0.587. The van der Waals surface area contributed by atoms with Gasteiger partial charge in [0.25, 0.3) is 0 Å². The van der Waals surface area contributed by atoms with E-state index >= 15 is 0 Å². The van der Waals surface area contributed by atoms with E-state index in [1.165, 1.54) is 0 Å². The molecule has 0 atom stereocenters. The Morgan fingerprint density at radius 1 is 1.70 bits per heavy atom. The summed E-state index contributed by atoms with van der Waals surface area (Å²) in [6.07, 6.45) is 1.73. The molecule has 0 saturated heterocycles. The van der Waals surface area contributed by atoms with Crippen LogP contribution in [0.2, 0.25) is 0 Å². The molecule has 1 rings (SSSR count). The van der Waals surface area contributed by atoms with Gasteiger partial charge in [0.2, 0.25) is 0 Å². The fraction of sp³-hybridized carbons (Fsp3) is 0.167. The Hall–Kier alpha value is 0.160. The molecule has 0 spiro atoms. The molecule has 2 nitrogen and oxygen atoms in total. The molecule has 0 unspecified atom stereocenters. The van der Waals surface area contributed by atoms with Crippen LogP contribution in [0.5, 0.6) is 5.75 Å². The Morgan fingerprint density at radius 2 is 2.40 bits per heavy atom. The van der Waals surface area contributed by atoms with Crippen LogP contribution in [0.1, 0.15) is 0 Å². The minimum absolute atomic E-state index is 0.795. The molecular weight excluding hydrogens is 309 g/mol. The summed E-state index contributed by atoms with van der Waals surface area (Å²) in [5, 5.41) is 0. The van der Waals surface area contributed by atoms with Crippen molar-refractivity contribution in [1.82, 2.24) is 4.98 Å². The van der Waals surface area contributed by atoms with Crippen LogP contribution in [-0.4, -0.2) is 12.1 Å². The van der Waals surface area contributed by atoms with E-state index in [0.29, 0.717) is 0 Å². The molecule has 0 radical (unpaired) electrons. The number of nitrogens with zero attached hydrogens (tertiary/aromatic N) is 1. The van der Waals surface area contributed by atoms with E-state index in [4.69, 9.17) is 4.74 Å². The molecule has 1 aromatic rings. The standard InChI is InChI=1S/C6H5BrINO/c1-10-5-4(7)2-3-9-6(5)8/h2-3H,1H3. The lowest BCUT2D eigenvalue weighted by Gasteiger charge is -2.02. The molecule has 10 heavy (non-hydrogen) atoms. The van der Waals surface area contributed by atoms with Crippen LogP contribution >= 0.6 is 38.5 Å². The number of pyridine rings is 1. The van der Waals surface area contributed by atoms with Gasteiger partial charge in [-0.25, -0.2) is 4.98 Å². The summed E-state index contributed by atoms with van der Waals surface area (Å²) < 4.78 is 6.87. The third-order valence-electron chi connectivity index (χ3n) is 1.02. The molecule has 0 amide bonds. The van der Waals surface area contributed by atoms with Crippen LogP contribution in [0.3, 0.4) is 0 Å². The maximum atomic E-state index is 5.06. The number of hydrogen-bond donors (Lipinski definition) is 0. The van der Waals surface area contributed by atoms with Crippen LogP contribution in [0.15, 0.2) is 16.7 Å². The Bertz CT molecular complexity index is 221. The predicted octanol–water partition coefficient (Wildman–Crippen LogP) is 2.46. The van der Waals surface area contributed by atoms with E-state index < -0.39 is 0 Å². The molecule has 1 aromatic heterocycles. The van der Waals surface area contributed by atoms with Crippen LogP contribution in [0.25, 0.3) is 0 Å². The highest BCUT2D eigenvalue weighted by Gasteiger charge is 2.03. The van der Waals surface area contributed by atoms with Crippen molar-refractivity contribution in [2.75, 3.05) is 7.11 Å². The van der Waals surface area contributed by atoms with Gasteiger partial charge in [-0.3, -0.25) is 0 Å². The molecule has 0 bridgehead atoms. The van der Waals surface area contributed by atoms with E-state index in [1.807, 2.05) is 6.07 Å². The second-order valence-corrected chi connectivity index (χ2v) is 3.49. The average molecular weight is 314 g/mol. The van der Waals surface area contributed by atoms with Gasteiger partial charge in [0.15, 0.2) is 5.75 Å². The van der Waals surface area contributed by atoms with Gasteiger partial charge in [-0.2, -0.15) is 0 Å². The number of halogens is 2. The van der Waals surface area contributed by atoms with E-state index in [-0.39, 0.29) is 0 Å². The smallest absolute Gasteiger partial charge is 0.164 e. The van der Waals surface area contributed by atoms with Crippen LogP contribution in [0.4, 0.5) is 0 Å². The zero-order valence-corrected chi connectivity index (χ0v) is 9.01. The van der Waals surface area contributed by atoms with Crippen molar-refractivity contribution in [3.8, 4) is 5.75 Å². The summed E-state index contributed by atoms with van der Waals surface area (Å²) in [7, 11) is 1.63. The molecule has 0 fully saturated rings. The molecular formula is C6H5BrINO. The van der Waals surface area contributed by atoms with Gasteiger partial charge in [0.1, 0.15) is 3.70 Å². The molecule has 54 valence electrons. The van der Waals surface area contributed by atoms with Gasteiger partial charge >= 0.3 is 0 Å². The van der Waals surface area contributed by atoms with Crippen LogP contribution in [-0.2, 0) is 0 Å². The Morgan fingerprint density at radius 3 is 2.80 bits per heavy atom. The van der Waals surface area contributed by atoms with E-state index in [0.717, 1.165) is 13.9 Å². The summed E-state index contributed by atoms with van der Waals surface area (Å²) in [6, 6.07) is 1.85. The second kappa shape index (κ2) is 3.52. The first-order chi connectivity index (χ1) is 4.75. The lowest BCUT2D eigenvalue weighted by molar-refractivity contribution is 0.406. The monoisotopic (exact) mass is 313 g/mol. The number of rotatable bonds is 1. The van der Waals surface area contributed by atoms with Crippen molar-refractivity contribution in [3.63, 3.8) is 0 Å². The highest BCUT2D eigenvalue weighted by atomic mass is 127. The number of methoxy groups -OCH3 is 1. The van der Waals surface area contributed by atoms with Gasteiger partial charge in [0, 0.05) is 6.20 Å². The van der Waals surface area contributed by atoms with Crippen molar-refractivity contribution in [1.29, 1.82) is 0 Å². The normalized spacial score (nSPS) is 9.50. The molecule has 0 aliphatic carbocycles. The van der Waals surface area contributed by atoms with Gasteiger partial charge in [0.05, 0.1) is 11.6 Å². The van der Waals surface area contributed by atoms with Crippen molar-refractivity contribution in [2.24, 2.45) is 0 Å². The molecule has 0 aliphatic rings. The molecule has 1 heterocycles. The maximum absolute atomic E-state index is 5.06. The fourth-order valence-electron chi connectivity index (χ4n) is 0.583. The summed E-state index contributed by atoms with van der Waals surface area (Å²) in [6.45, 7) is 0. The zero-order valence-electron chi connectivity index (χ0n) is 5.27. The van der Waals surface area contributed by atoms with Crippen molar-refractivity contribution in [3.05, 3.63) is 20.4 Å². The highest BCUT2D eigenvalue weighted by molar-refractivity contribution is 14.1. The Labute approximate surface area is 81.3 Å². The molecule has 0 saturated carbocycles. The summed E-state index contributed by atoms with van der Waals surface area (Å²) in [5.41, 5.74) is 0. The molecule has 0 aromatic carbocycles. The van der Waals surface area contributed by atoms with Crippen LogP contribution < -0.4 is 4.74 Å². The van der Waals surface area contributed by atoms with Gasteiger partial charge < -0.3 is 4.74 Å². The summed E-state index contributed by atoms with van der Waals surface area (Å²) >= 11 is 5.46. The van der Waals surface area contributed by atoms with Gasteiger partial charge in [-0.05, 0) is 44.6 Å².